The molecular weight excluding hydrogens is 462 g/mol. The van der Waals surface area contributed by atoms with Gasteiger partial charge in [-0.25, -0.2) is 5.43 Å². The third kappa shape index (κ3) is 5.27. The standard InChI is InChI=1S/C21H17N7O5S/c1-32-15-7-9-17(18(11-15)28(30)31)19-10-8-16(33-19)12-22-23-20(29)13-34-21-24-25-26-27(21)14-5-3-2-4-6-14/h2-12H,13H2,1H3,(H,23,29)/b22-12-. The van der Waals surface area contributed by atoms with Gasteiger partial charge in [0.2, 0.25) is 5.16 Å². The maximum absolute atomic E-state index is 12.1. The number of aromatic nitrogens is 4. The second-order valence-corrected chi connectivity index (χ2v) is 7.58. The lowest BCUT2D eigenvalue weighted by atomic mass is 10.1. The first-order chi connectivity index (χ1) is 16.5. The van der Waals surface area contributed by atoms with Crippen molar-refractivity contribution in [1.29, 1.82) is 0 Å². The lowest BCUT2D eigenvalue weighted by Gasteiger charge is -2.03. The molecule has 0 bridgehead atoms. The zero-order valence-corrected chi connectivity index (χ0v) is 18.5. The summed E-state index contributed by atoms with van der Waals surface area (Å²) in [5.41, 5.74) is 3.31. The Hall–Kier alpha value is -4.52. The van der Waals surface area contributed by atoms with Crippen molar-refractivity contribution in [1.82, 2.24) is 25.6 Å². The minimum Gasteiger partial charge on any atom is -0.497 e. The smallest absolute Gasteiger partial charge is 0.284 e. The number of hydrogen-bond acceptors (Lipinski definition) is 10. The quantitative estimate of drug-likeness (QED) is 0.165. The lowest BCUT2D eigenvalue weighted by Crippen LogP contribution is -2.19. The fraction of sp³-hybridized carbons (Fsp3) is 0.0952. The van der Waals surface area contributed by atoms with E-state index >= 15 is 0 Å². The van der Waals surface area contributed by atoms with Crippen LogP contribution in [0.15, 0.2) is 75.3 Å². The molecule has 13 heteroatoms. The number of nitrogens with one attached hydrogen (secondary N) is 1. The minimum absolute atomic E-state index is 0.0337. The molecule has 0 fully saturated rings. The summed E-state index contributed by atoms with van der Waals surface area (Å²) in [4.78, 5) is 23.0. The molecule has 0 saturated carbocycles. The SMILES string of the molecule is COc1ccc(-c2ccc(/C=N\NC(=O)CSc3nnnn3-c3ccccc3)o2)c([N+](=O)[O-])c1. The number of thioether (sulfide) groups is 1. The highest BCUT2D eigenvalue weighted by Gasteiger charge is 2.19. The third-order valence-corrected chi connectivity index (χ3v) is 5.37. The average molecular weight is 479 g/mol. The number of ether oxygens (including phenoxy) is 1. The monoisotopic (exact) mass is 479 g/mol. The van der Waals surface area contributed by atoms with E-state index in [9.17, 15) is 14.9 Å². The van der Waals surface area contributed by atoms with Gasteiger partial charge in [0.1, 0.15) is 17.3 Å². The molecule has 2 heterocycles. The van der Waals surface area contributed by atoms with Crippen LogP contribution in [0.4, 0.5) is 5.69 Å². The van der Waals surface area contributed by atoms with E-state index in [1.165, 1.54) is 24.1 Å². The summed E-state index contributed by atoms with van der Waals surface area (Å²) in [5.74, 6) is 0.613. The molecule has 0 atom stereocenters. The van der Waals surface area contributed by atoms with Crippen molar-refractivity contribution >= 4 is 29.6 Å². The van der Waals surface area contributed by atoms with Crippen molar-refractivity contribution in [2.75, 3.05) is 12.9 Å². The van der Waals surface area contributed by atoms with E-state index in [-0.39, 0.29) is 23.1 Å². The van der Waals surface area contributed by atoms with Crippen molar-refractivity contribution in [3.63, 3.8) is 0 Å². The van der Waals surface area contributed by atoms with E-state index < -0.39 is 4.92 Å². The summed E-state index contributed by atoms with van der Waals surface area (Å²) in [6.07, 6.45) is 1.30. The molecule has 2 aromatic carbocycles. The van der Waals surface area contributed by atoms with Crippen LogP contribution >= 0.6 is 11.8 Å². The van der Waals surface area contributed by atoms with Crippen LogP contribution in [-0.2, 0) is 4.79 Å². The zero-order chi connectivity index (χ0) is 23.9. The highest BCUT2D eigenvalue weighted by Crippen LogP contribution is 2.33. The number of hydrogen-bond donors (Lipinski definition) is 1. The van der Waals surface area contributed by atoms with Crippen LogP contribution in [0.2, 0.25) is 0 Å². The molecule has 0 aliphatic heterocycles. The van der Waals surface area contributed by atoms with Crippen LogP contribution in [0, 0.1) is 10.1 Å². The number of benzene rings is 2. The Morgan fingerprint density at radius 2 is 2.09 bits per heavy atom. The molecule has 34 heavy (non-hydrogen) atoms. The van der Waals surface area contributed by atoms with E-state index in [2.05, 4.69) is 26.1 Å². The molecule has 0 radical (unpaired) electrons. The first-order valence-corrected chi connectivity index (χ1v) is 10.7. The van der Waals surface area contributed by atoms with Crippen LogP contribution in [0.5, 0.6) is 5.75 Å². The normalized spacial score (nSPS) is 11.0. The van der Waals surface area contributed by atoms with Gasteiger partial charge in [0.15, 0.2) is 0 Å². The van der Waals surface area contributed by atoms with Gasteiger partial charge in [-0.2, -0.15) is 9.78 Å². The molecule has 4 aromatic rings. The van der Waals surface area contributed by atoms with E-state index in [4.69, 9.17) is 9.15 Å². The van der Waals surface area contributed by atoms with E-state index in [1.807, 2.05) is 30.3 Å². The van der Waals surface area contributed by atoms with Gasteiger partial charge in [-0.05, 0) is 46.8 Å². The number of amides is 1. The Kier molecular flexibility index (Phi) is 6.93. The number of carbonyl (C=O) groups is 1. The maximum atomic E-state index is 12.1. The second kappa shape index (κ2) is 10.4. The Morgan fingerprint density at radius 1 is 1.26 bits per heavy atom. The van der Waals surface area contributed by atoms with Gasteiger partial charge in [0, 0.05) is 0 Å². The molecule has 0 unspecified atom stereocenters. The van der Waals surface area contributed by atoms with Gasteiger partial charge in [0.05, 0.1) is 41.3 Å². The van der Waals surface area contributed by atoms with Gasteiger partial charge in [0.25, 0.3) is 11.6 Å². The van der Waals surface area contributed by atoms with Crippen LogP contribution in [0.25, 0.3) is 17.0 Å². The summed E-state index contributed by atoms with van der Waals surface area (Å²) in [6, 6.07) is 16.9. The largest absolute Gasteiger partial charge is 0.497 e. The molecule has 4 rings (SSSR count). The Labute approximate surface area is 196 Å². The number of nitrogens with zero attached hydrogens (tertiary/aromatic N) is 6. The number of rotatable bonds is 9. The Morgan fingerprint density at radius 3 is 2.85 bits per heavy atom. The van der Waals surface area contributed by atoms with Crippen molar-refractivity contribution in [3.8, 4) is 22.8 Å². The van der Waals surface area contributed by atoms with E-state index in [0.717, 1.165) is 17.4 Å². The maximum Gasteiger partial charge on any atom is 0.284 e. The number of nitro groups is 1. The second-order valence-electron chi connectivity index (χ2n) is 6.63. The predicted molar refractivity (Wildman–Crippen MR) is 123 cm³/mol. The van der Waals surface area contributed by atoms with Gasteiger partial charge < -0.3 is 9.15 Å². The molecule has 12 nitrogen and oxygen atoms in total. The summed E-state index contributed by atoms with van der Waals surface area (Å²) in [6.45, 7) is 0. The van der Waals surface area contributed by atoms with Crippen molar-refractivity contribution in [2.45, 2.75) is 5.16 Å². The molecule has 0 aliphatic carbocycles. The van der Waals surface area contributed by atoms with Crippen LogP contribution in [0.1, 0.15) is 5.76 Å². The number of para-hydroxylation sites is 1. The average Bonchev–Trinajstić information content (AvgIpc) is 3.52. The molecule has 0 spiro atoms. The van der Waals surface area contributed by atoms with Crippen molar-refractivity contribution in [2.24, 2.45) is 5.10 Å². The molecule has 1 amide bonds. The number of hydrazone groups is 1. The summed E-state index contributed by atoms with van der Waals surface area (Å²) < 4.78 is 12.2. The van der Waals surface area contributed by atoms with Crippen LogP contribution in [0.3, 0.4) is 0 Å². The summed E-state index contributed by atoms with van der Waals surface area (Å²) in [7, 11) is 1.43. The van der Waals surface area contributed by atoms with Crippen molar-refractivity contribution < 1.29 is 18.9 Å². The first kappa shape index (κ1) is 22.7. The molecule has 0 saturated heterocycles. The fourth-order valence-corrected chi connectivity index (χ4v) is 3.58. The van der Waals surface area contributed by atoms with Crippen LogP contribution in [-0.4, -0.2) is 50.1 Å². The number of tetrazole rings is 1. The van der Waals surface area contributed by atoms with E-state index in [0.29, 0.717) is 22.2 Å². The number of nitro benzene ring substituents is 1. The topological polar surface area (TPSA) is 151 Å². The van der Waals surface area contributed by atoms with Crippen LogP contribution < -0.4 is 10.2 Å². The number of carbonyl (C=O) groups excluding carboxylic acids is 1. The summed E-state index contributed by atoms with van der Waals surface area (Å²) >= 11 is 1.15. The highest BCUT2D eigenvalue weighted by molar-refractivity contribution is 7.99. The minimum atomic E-state index is -0.514. The predicted octanol–water partition coefficient (Wildman–Crippen LogP) is 3.08. The molecule has 2 aromatic heterocycles. The molecule has 1 N–H and O–H groups in total. The third-order valence-electron chi connectivity index (χ3n) is 4.45. The molecular formula is C21H17N7O5S. The molecule has 172 valence electrons. The highest BCUT2D eigenvalue weighted by atomic mass is 32.2. The zero-order valence-electron chi connectivity index (χ0n) is 17.7. The summed E-state index contributed by atoms with van der Waals surface area (Å²) in [5, 5.41) is 27.2. The number of furan rings is 1. The van der Waals surface area contributed by atoms with Gasteiger partial charge in [-0.1, -0.05) is 30.0 Å². The fourth-order valence-electron chi connectivity index (χ4n) is 2.90. The Bertz CT molecular complexity index is 1340. The van der Waals surface area contributed by atoms with Crippen molar-refractivity contribution in [3.05, 3.63) is 76.5 Å². The number of methoxy groups -OCH3 is 1. The molecule has 0 aliphatic rings. The Balaban J connectivity index is 1.35. The van der Waals surface area contributed by atoms with Gasteiger partial charge in [-0.15, -0.1) is 5.10 Å². The first-order valence-electron chi connectivity index (χ1n) is 9.76. The lowest BCUT2D eigenvalue weighted by molar-refractivity contribution is -0.384. The van der Waals surface area contributed by atoms with E-state index in [1.54, 1.807) is 24.3 Å². The van der Waals surface area contributed by atoms with Gasteiger partial charge in [-0.3, -0.25) is 14.9 Å². The van der Waals surface area contributed by atoms with Gasteiger partial charge >= 0.3 is 0 Å².